The molecule has 0 unspecified atom stereocenters. The molecule has 1 saturated carbocycles. The summed E-state index contributed by atoms with van der Waals surface area (Å²) in [5, 5.41) is 5.22. The van der Waals surface area contributed by atoms with Gasteiger partial charge in [-0.2, -0.15) is 0 Å². The molecule has 6 heteroatoms. The number of carbonyl (C=O) groups is 3. The first-order chi connectivity index (χ1) is 9.60. The van der Waals surface area contributed by atoms with Crippen molar-refractivity contribution in [1.82, 2.24) is 5.32 Å². The van der Waals surface area contributed by atoms with Gasteiger partial charge in [-0.15, -0.1) is 0 Å². The monoisotopic (exact) mass is 276 g/mol. The number of ether oxygens (including phenoxy) is 1. The second-order valence-corrected chi connectivity index (χ2v) is 4.60. The maximum atomic E-state index is 11.7. The lowest BCUT2D eigenvalue weighted by atomic mass is 10.2. The van der Waals surface area contributed by atoms with E-state index in [1.807, 2.05) is 0 Å². The average Bonchev–Trinajstić information content (AvgIpc) is 3.29. The highest BCUT2D eigenvalue weighted by molar-refractivity contribution is 5.97. The number of anilines is 1. The summed E-state index contributed by atoms with van der Waals surface area (Å²) in [6.45, 7) is -0.171. The van der Waals surface area contributed by atoms with Crippen LogP contribution in [0.15, 0.2) is 24.3 Å². The lowest BCUT2D eigenvalue weighted by molar-refractivity contribution is -0.139. The summed E-state index contributed by atoms with van der Waals surface area (Å²) >= 11 is 0. The molecule has 0 atom stereocenters. The van der Waals surface area contributed by atoms with E-state index in [-0.39, 0.29) is 24.3 Å². The highest BCUT2D eigenvalue weighted by Gasteiger charge is 2.29. The fourth-order valence-electron chi connectivity index (χ4n) is 1.62. The zero-order valence-corrected chi connectivity index (χ0v) is 11.1. The molecule has 106 valence electrons. The number of amides is 2. The Hall–Kier alpha value is -2.37. The van der Waals surface area contributed by atoms with Crippen molar-refractivity contribution in [1.29, 1.82) is 0 Å². The second kappa shape index (κ2) is 6.18. The van der Waals surface area contributed by atoms with E-state index in [0.29, 0.717) is 11.3 Å². The zero-order valence-electron chi connectivity index (χ0n) is 11.1. The summed E-state index contributed by atoms with van der Waals surface area (Å²) in [4.78, 5) is 34.2. The standard InChI is InChI=1S/C14H16N2O4/c1-20-12(17)8-15-13(18)9-4-6-11(7-5-9)16-14(19)10-2-3-10/h4-7,10H,2-3,8H2,1H3,(H,15,18)(H,16,19). The highest BCUT2D eigenvalue weighted by atomic mass is 16.5. The first-order valence-corrected chi connectivity index (χ1v) is 6.36. The third-order valence-corrected chi connectivity index (χ3v) is 2.98. The van der Waals surface area contributed by atoms with E-state index in [4.69, 9.17) is 0 Å². The average molecular weight is 276 g/mol. The minimum Gasteiger partial charge on any atom is -0.468 e. The summed E-state index contributed by atoms with van der Waals surface area (Å²) < 4.78 is 4.43. The fraction of sp³-hybridized carbons (Fsp3) is 0.357. The maximum Gasteiger partial charge on any atom is 0.325 e. The Bertz CT molecular complexity index is 520. The number of rotatable bonds is 5. The van der Waals surface area contributed by atoms with Crippen LogP contribution in [0.4, 0.5) is 5.69 Å². The van der Waals surface area contributed by atoms with Crippen molar-refractivity contribution in [2.75, 3.05) is 19.0 Å². The Morgan fingerprint density at radius 3 is 2.40 bits per heavy atom. The van der Waals surface area contributed by atoms with Gasteiger partial charge in [-0.1, -0.05) is 0 Å². The van der Waals surface area contributed by atoms with Crippen molar-refractivity contribution in [3.63, 3.8) is 0 Å². The first kappa shape index (κ1) is 14.0. The number of methoxy groups -OCH3 is 1. The number of nitrogens with one attached hydrogen (secondary N) is 2. The maximum absolute atomic E-state index is 11.7. The van der Waals surface area contributed by atoms with Crippen LogP contribution in [0.25, 0.3) is 0 Å². The Morgan fingerprint density at radius 2 is 1.85 bits per heavy atom. The number of esters is 1. The lowest BCUT2D eigenvalue weighted by Gasteiger charge is -2.06. The van der Waals surface area contributed by atoms with Gasteiger partial charge in [-0.3, -0.25) is 14.4 Å². The second-order valence-electron chi connectivity index (χ2n) is 4.60. The van der Waals surface area contributed by atoms with Crippen molar-refractivity contribution in [3.8, 4) is 0 Å². The van der Waals surface area contributed by atoms with Crippen molar-refractivity contribution < 1.29 is 19.1 Å². The van der Waals surface area contributed by atoms with Gasteiger partial charge in [0.25, 0.3) is 5.91 Å². The molecule has 0 heterocycles. The van der Waals surface area contributed by atoms with Crippen LogP contribution in [0.1, 0.15) is 23.2 Å². The Kier molecular flexibility index (Phi) is 4.34. The Balaban J connectivity index is 1.88. The van der Waals surface area contributed by atoms with Gasteiger partial charge in [0.05, 0.1) is 7.11 Å². The zero-order chi connectivity index (χ0) is 14.5. The van der Waals surface area contributed by atoms with Crippen LogP contribution in [-0.2, 0) is 14.3 Å². The van der Waals surface area contributed by atoms with Gasteiger partial charge in [0.2, 0.25) is 5.91 Å². The van der Waals surface area contributed by atoms with Crippen molar-refractivity contribution in [3.05, 3.63) is 29.8 Å². The van der Waals surface area contributed by atoms with E-state index < -0.39 is 5.97 Å². The van der Waals surface area contributed by atoms with Gasteiger partial charge in [-0.05, 0) is 37.1 Å². The van der Waals surface area contributed by atoms with Gasteiger partial charge >= 0.3 is 5.97 Å². The predicted molar refractivity (Wildman–Crippen MR) is 72.1 cm³/mol. The molecule has 1 fully saturated rings. The third-order valence-electron chi connectivity index (χ3n) is 2.98. The van der Waals surface area contributed by atoms with Crippen LogP contribution in [0.3, 0.4) is 0 Å². The molecule has 1 aromatic rings. The van der Waals surface area contributed by atoms with Crippen LogP contribution < -0.4 is 10.6 Å². The van der Waals surface area contributed by atoms with E-state index in [1.165, 1.54) is 7.11 Å². The molecule has 0 aliphatic heterocycles. The summed E-state index contributed by atoms with van der Waals surface area (Å²) in [7, 11) is 1.26. The quantitative estimate of drug-likeness (QED) is 0.784. The van der Waals surface area contributed by atoms with E-state index in [1.54, 1.807) is 24.3 Å². The predicted octanol–water partition coefficient (Wildman–Crippen LogP) is 0.938. The molecule has 2 N–H and O–H groups in total. The molecule has 2 rings (SSSR count). The Morgan fingerprint density at radius 1 is 1.20 bits per heavy atom. The molecular weight excluding hydrogens is 260 g/mol. The number of benzene rings is 1. The van der Waals surface area contributed by atoms with E-state index >= 15 is 0 Å². The molecule has 1 aromatic carbocycles. The van der Waals surface area contributed by atoms with Gasteiger partial charge < -0.3 is 15.4 Å². The third kappa shape index (κ3) is 3.81. The highest BCUT2D eigenvalue weighted by Crippen LogP contribution is 2.30. The summed E-state index contributed by atoms with van der Waals surface area (Å²) in [5.41, 5.74) is 1.07. The van der Waals surface area contributed by atoms with E-state index in [2.05, 4.69) is 15.4 Å². The van der Waals surface area contributed by atoms with Crippen molar-refractivity contribution >= 4 is 23.5 Å². The summed E-state index contributed by atoms with van der Waals surface area (Å²) in [6, 6.07) is 6.50. The summed E-state index contributed by atoms with van der Waals surface area (Å²) in [5.74, 6) is -0.715. The molecule has 0 aromatic heterocycles. The van der Waals surface area contributed by atoms with Crippen LogP contribution in [0.5, 0.6) is 0 Å². The number of hydrogen-bond acceptors (Lipinski definition) is 4. The van der Waals surface area contributed by atoms with Crippen molar-refractivity contribution in [2.45, 2.75) is 12.8 Å². The largest absolute Gasteiger partial charge is 0.468 e. The molecule has 6 nitrogen and oxygen atoms in total. The molecule has 0 radical (unpaired) electrons. The van der Waals surface area contributed by atoms with Crippen LogP contribution in [-0.4, -0.2) is 31.4 Å². The van der Waals surface area contributed by atoms with Crippen LogP contribution >= 0.6 is 0 Å². The minimum atomic E-state index is -0.508. The molecule has 0 saturated heterocycles. The lowest BCUT2D eigenvalue weighted by Crippen LogP contribution is -2.30. The Labute approximate surface area is 116 Å². The molecule has 1 aliphatic rings. The van der Waals surface area contributed by atoms with Gasteiger partial charge in [0.15, 0.2) is 0 Å². The topological polar surface area (TPSA) is 84.5 Å². The van der Waals surface area contributed by atoms with Gasteiger partial charge in [0.1, 0.15) is 6.54 Å². The van der Waals surface area contributed by atoms with Crippen LogP contribution in [0.2, 0.25) is 0 Å². The minimum absolute atomic E-state index is 0.0212. The molecular formula is C14H16N2O4. The molecule has 2 amide bonds. The van der Waals surface area contributed by atoms with Crippen molar-refractivity contribution in [2.24, 2.45) is 5.92 Å². The molecule has 1 aliphatic carbocycles. The molecule has 20 heavy (non-hydrogen) atoms. The molecule has 0 spiro atoms. The fourth-order valence-corrected chi connectivity index (χ4v) is 1.62. The smallest absolute Gasteiger partial charge is 0.325 e. The normalized spacial score (nSPS) is 13.4. The van der Waals surface area contributed by atoms with Crippen LogP contribution in [0, 0.1) is 5.92 Å². The number of carbonyl (C=O) groups excluding carboxylic acids is 3. The summed E-state index contributed by atoms with van der Waals surface area (Å²) in [6.07, 6.45) is 1.89. The SMILES string of the molecule is COC(=O)CNC(=O)c1ccc(NC(=O)C2CC2)cc1. The van der Waals surface area contributed by atoms with E-state index in [9.17, 15) is 14.4 Å². The number of hydrogen-bond donors (Lipinski definition) is 2. The van der Waals surface area contributed by atoms with E-state index in [0.717, 1.165) is 12.8 Å². The van der Waals surface area contributed by atoms with Gasteiger partial charge in [-0.25, -0.2) is 0 Å². The molecule has 0 bridgehead atoms. The van der Waals surface area contributed by atoms with Gasteiger partial charge in [0, 0.05) is 17.2 Å². The first-order valence-electron chi connectivity index (χ1n) is 6.36.